The minimum absolute atomic E-state index is 0.152. The zero-order chi connectivity index (χ0) is 17.0. The van der Waals surface area contributed by atoms with E-state index in [0.29, 0.717) is 16.7 Å². The summed E-state index contributed by atoms with van der Waals surface area (Å²) in [6.07, 6.45) is 2.68. The van der Waals surface area contributed by atoms with E-state index in [-0.39, 0.29) is 11.6 Å². The number of furan rings is 1. The molecule has 0 amide bonds. The topological polar surface area (TPSA) is 47.3 Å². The Kier molecular flexibility index (Phi) is 2.80. The van der Waals surface area contributed by atoms with E-state index in [4.69, 9.17) is 4.42 Å². The van der Waals surface area contributed by atoms with Gasteiger partial charge in [-0.25, -0.2) is 0 Å². The van der Waals surface area contributed by atoms with Crippen LogP contribution in [-0.2, 0) is 0 Å². The summed E-state index contributed by atoms with van der Waals surface area (Å²) in [5, 5.41) is 1.81. The normalized spacial score (nSPS) is 13.6. The van der Waals surface area contributed by atoms with Crippen LogP contribution in [0, 0.1) is 0 Å². The van der Waals surface area contributed by atoms with Gasteiger partial charge in [0.05, 0.1) is 0 Å². The molecule has 1 heterocycles. The standard InChI is InChI=1S/C22H12O3/c23-16-10-11-17(24)21-15(16)12-19-22(14-8-4-5-9-18(14)25-19)20(21)13-6-2-1-3-7-13/h1-12H. The number of hydrogen-bond donors (Lipinski definition) is 0. The molecule has 3 aromatic carbocycles. The average molecular weight is 324 g/mol. The van der Waals surface area contributed by atoms with Crippen LogP contribution in [0.4, 0.5) is 0 Å². The second-order valence-electron chi connectivity index (χ2n) is 6.07. The van der Waals surface area contributed by atoms with Crippen LogP contribution in [0.5, 0.6) is 0 Å². The maximum absolute atomic E-state index is 12.7. The van der Waals surface area contributed by atoms with Gasteiger partial charge in [-0.3, -0.25) is 9.59 Å². The number of benzene rings is 3. The lowest BCUT2D eigenvalue weighted by atomic mass is 9.85. The van der Waals surface area contributed by atoms with Crippen LogP contribution in [-0.4, -0.2) is 11.6 Å². The molecule has 0 aliphatic heterocycles. The van der Waals surface area contributed by atoms with Gasteiger partial charge >= 0.3 is 0 Å². The molecule has 4 aromatic rings. The molecule has 1 aliphatic carbocycles. The highest BCUT2D eigenvalue weighted by atomic mass is 16.3. The molecular formula is C22H12O3. The summed E-state index contributed by atoms with van der Waals surface area (Å²) < 4.78 is 5.98. The third-order valence-electron chi connectivity index (χ3n) is 4.63. The number of hydrogen-bond acceptors (Lipinski definition) is 3. The van der Waals surface area contributed by atoms with E-state index in [1.54, 1.807) is 6.07 Å². The number of carbonyl (C=O) groups is 2. The highest BCUT2D eigenvalue weighted by Gasteiger charge is 2.27. The smallest absolute Gasteiger partial charge is 0.187 e. The third kappa shape index (κ3) is 1.93. The van der Waals surface area contributed by atoms with Gasteiger partial charge in [0.2, 0.25) is 0 Å². The molecule has 0 saturated carbocycles. The Morgan fingerprint density at radius 3 is 2.24 bits per heavy atom. The SMILES string of the molecule is O=C1C=CC(=O)c2c1cc1oc3ccccc3c1c2-c1ccccc1. The molecule has 1 aromatic heterocycles. The van der Waals surface area contributed by atoms with Crippen molar-refractivity contribution in [1.82, 2.24) is 0 Å². The predicted octanol–water partition coefficient (Wildman–Crippen LogP) is 5.19. The third-order valence-corrected chi connectivity index (χ3v) is 4.63. The Morgan fingerprint density at radius 2 is 1.40 bits per heavy atom. The first-order chi connectivity index (χ1) is 12.2. The van der Waals surface area contributed by atoms with Crippen molar-refractivity contribution in [3.05, 3.63) is 83.9 Å². The van der Waals surface area contributed by atoms with Crippen LogP contribution < -0.4 is 0 Å². The molecule has 118 valence electrons. The summed E-state index contributed by atoms with van der Waals surface area (Å²) in [5.74, 6) is -0.324. The van der Waals surface area contributed by atoms with E-state index < -0.39 is 0 Å². The summed E-state index contributed by atoms with van der Waals surface area (Å²) >= 11 is 0. The number of para-hydroxylation sites is 1. The molecule has 0 bridgehead atoms. The minimum atomic E-state index is -0.172. The van der Waals surface area contributed by atoms with Crippen molar-refractivity contribution in [3.8, 4) is 11.1 Å². The van der Waals surface area contributed by atoms with E-state index in [1.807, 2.05) is 54.6 Å². The van der Waals surface area contributed by atoms with E-state index in [0.717, 1.165) is 27.5 Å². The fraction of sp³-hybridized carbons (Fsp3) is 0. The Morgan fingerprint density at radius 1 is 0.680 bits per heavy atom. The second kappa shape index (κ2) is 5.02. The molecule has 0 radical (unpaired) electrons. The maximum Gasteiger partial charge on any atom is 0.187 e. The van der Waals surface area contributed by atoms with Crippen molar-refractivity contribution in [3.63, 3.8) is 0 Å². The molecule has 25 heavy (non-hydrogen) atoms. The predicted molar refractivity (Wildman–Crippen MR) is 97.0 cm³/mol. The van der Waals surface area contributed by atoms with Crippen molar-refractivity contribution in [2.45, 2.75) is 0 Å². The Hall–Kier alpha value is -3.46. The average Bonchev–Trinajstić information content (AvgIpc) is 3.02. The lowest BCUT2D eigenvalue weighted by molar-refractivity contribution is 0.0994. The quantitative estimate of drug-likeness (QED) is 0.484. The minimum Gasteiger partial charge on any atom is -0.456 e. The number of fused-ring (bicyclic) bond motifs is 4. The van der Waals surface area contributed by atoms with Gasteiger partial charge in [-0.2, -0.15) is 0 Å². The lowest BCUT2D eigenvalue weighted by Crippen LogP contribution is -2.13. The van der Waals surface area contributed by atoms with Gasteiger partial charge < -0.3 is 4.42 Å². The summed E-state index contributed by atoms with van der Waals surface area (Å²) in [6.45, 7) is 0. The zero-order valence-corrected chi connectivity index (χ0v) is 13.2. The largest absolute Gasteiger partial charge is 0.456 e. The first-order valence-corrected chi connectivity index (χ1v) is 8.04. The Labute approximate surface area is 143 Å². The first-order valence-electron chi connectivity index (χ1n) is 8.04. The molecule has 5 rings (SSSR count). The van der Waals surface area contributed by atoms with E-state index >= 15 is 0 Å². The van der Waals surface area contributed by atoms with Crippen LogP contribution >= 0.6 is 0 Å². The number of ketones is 2. The molecule has 0 saturated heterocycles. The van der Waals surface area contributed by atoms with Gasteiger partial charge in [-0.1, -0.05) is 48.5 Å². The van der Waals surface area contributed by atoms with Crippen LogP contribution in [0.1, 0.15) is 20.7 Å². The molecule has 1 aliphatic rings. The summed E-state index contributed by atoms with van der Waals surface area (Å²) in [6, 6.07) is 19.1. The van der Waals surface area contributed by atoms with Crippen molar-refractivity contribution >= 4 is 33.5 Å². The van der Waals surface area contributed by atoms with E-state index in [1.165, 1.54) is 12.2 Å². The van der Waals surface area contributed by atoms with Crippen LogP contribution in [0.2, 0.25) is 0 Å². The van der Waals surface area contributed by atoms with Crippen molar-refractivity contribution in [1.29, 1.82) is 0 Å². The highest BCUT2D eigenvalue weighted by molar-refractivity contribution is 6.29. The molecule has 0 spiro atoms. The van der Waals surface area contributed by atoms with Gasteiger partial charge in [-0.05, 0) is 29.8 Å². The summed E-state index contributed by atoms with van der Waals surface area (Å²) in [5.41, 5.74) is 3.88. The van der Waals surface area contributed by atoms with Gasteiger partial charge in [0.1, 0.15) is 11.2 Å². The van der Waals surface area contributed by atoms with Gasteiger partial charge in [-0.15, -0.1) is 0 Å². The molecule has 0 unspecified atom stereocenters. The number of carbonyl (C=O) groups excluding carboxylic acids is 2. The van der Waals surface area contributed by atoms with Gasteiger partial charge in [0.25, 0.3) is 0 Å². The second-order valence-corrected chi connectivity index (χ2v) is 6.07. The Balaban J connectivity index is 2.05. The molecule has 0 atom stereocenters. The zero-order valence-electron chi connectivity index (χ0n) is 13.2. The van der Waals surface area contributed by atoms with Gasteiger partial charge in [0, 0.05) is 27.5 Å². The molecule has 0 N–H and O–H groups in total. The van der Waals surface area contributed by atoms with E-state index in [2.05, 4.69) is 0 Å². The molecule has 3 nitrogen and oxygen atoms in total. The Bertz CT molecular complexity index is 1210. The highest BCUT2D eigenvalue weighted by Crippen LogP contribution is 2.41. The van der Waals surface area contributed by atoms with E-state index in [9.17, 15) is 9.59 Å². The van der Waals surface area contributed by atoms with Crippen LogP contribution in [0.15, 0.2) is 77.2 Å². The van der Waals surface area contributed by atoms with Crippen molar-refractivity contribution < 1.29 is 14.0 Å². The maximum atomic E-state index is 12.7. The summed E-state index contributed by atoms with van der Waals surface area (Å²) in [7, 11) is 0. The van der Waals surface area contributed by atoms with Crippen molar-refractivity contribution in [2.75, 3.05) is 0 Å². The lowest BCUT2D eigenvalue weighted by Gasteiger charge is -2.15. The monoisotopic (exact) mass is 324 g/mol. The summed E-state index contributed by atoms with van der Waals surface area (Å²) in [4.78, 5) is 25.1. The fourth-order valence-corrected chi connectivity index (χ4v) is 3.56. The van der Waals surface area contributed by atoms with Gasteiger partial charge in [0.15, 0.2) is 11.6 Å². The van der Waals surface area contributed by atoms with Crippen LogP contribution in [0.3, 0.4) is 0 Å². The van der Waals surface area contributed by atoms with Crippen LogP contribution in [0.25, 0.3) is 33.1 Å². The fourth-order valence-electron chi connectivity index (χ4n) is 3.56. The molecular weight excluding hydrogens is 312 g/mol. The molecule has 0 fully saturated rings. The number of rotatable bonds is 1. The molecule has 3 heteroatoms. The first kappa shape index (κ1) is 13.9. The van der Waals surface area contributed by atoms with Crippen molar-refractivity contribution in [2.24, 2.45) is 0 Å². The number of allylic oxidation sites excluding steroid dienone is 2.